The number of rotatable bonds is 3. The van der Waals surface area contributed by atoms with Gasteiger partial charge >= 0.3 is 0 Å². The summed E-state index contributed by atoms with van der Waals surface area (Å²) in [4.78, 5) is 14.6. The van der Waals surface area contributed by atoms with Crippen LogP contribution in [0.25, 0.3) is 0 Å². The minimum Gasteiger partial charge on any atom is -0.364 e. The van der Waals surface area contributed by atoms with Gasteiger partial charge < -0.3 is 4.98 Å². The van der Waals surface area contributed by atoms with Gasteiger partial charge in [-0.3, -0.25) is 4.79 Å². The van der Waals surface area contributed by atoms with Crippen molar-refractivity contribution in [2.75, 3.05) is 0 Å². The average molecular weight is 217 g/mol. The average Bonchev–Trinajstić information content (AvgIpc) is 2.74. The molecule has 1 aromatic heterocycles. The number of Topliss-reactive ketones (excluding diaryl/α,β-unsaturated/α-hetero) is 1. The van der Waals surface area contributed by atoms with Crippen LogP contribution < -0.4 is 0 Å². The molecule has 0 spiro atoms. The summed E-state index contributed by atoms with van der Waals surface area (Å²) in [7, 11) is 0. The Hall–Kier alpha value is -1.90. The molecule has 2 rings (SSSR count). The van der Waals surface area contributed by atoms with Gasteiger partial charge in [0.15, 0.2) is 0 Å². The SMILES string of the molecule is CC(=O)C(c1ccc(F)cc1)c1ccc[nH]1. The fourth-order valence-corrected chi connectivity index (χ4v) is 1.81. The third-order valence-electron chi connectivity index (χ3n) is 2.54. The first-order chi connectivity index (χ1) is 7.68. The topological polar surface area (TPSA) is 32.9 Å². The summed E-state index contributed by atoms with van der Waals surface area (Å²) in [5, 5.41) is 0. The summed E-state index contributed by atoms with van der Waals surface area (Å²) in [6.45, 7) is 1.54. The molecule has 2 aromatic rings. The van der Waals surface area contributed by atoms with E-state index in [-0.39, 0.29) is 17.5 Å². The molecule has 1 N–H and O–H groups in total. The smallest absolute Gasteiger partial charge is 0.143 e. The maximum absolute atomic E-state index is 12.8. The molecule has 3 heteroatoms. The number of ketones is 1. The molecule has 0 aliphatic carbocycles. The quantitative estimate of drug-likeness (QED) is 0.842. The highest BCUT2D eigenvalue weighted by atomic mass is 19.1. The molecule has 2 nitrogen and oxygen atoms in total. The van der Waals surface area contributed by atoms with Crippen molar-refractivity contribution >= 4 is 5.78 Å². The molecule has 0 amide bonds. The number of carbonyl (C=O) groups is 1. The molecule has 1 atom stereocenters. The van der Waals surface area contributed by atoms with Gasteiger partial charge in [0.25, 0.3) is 0 Å². The van der Waals surface area contributed by atoms with Crippen molar-refractivity contribution in [3.63, 3.8) is 0 Å². The lowest BCUT2D eigenvalue weighted by atomic mass is 9.92. The van der Waals surface area contributed by atoms with Crippen LogP contribution in [0, 0.1) is 5.82 Å². The van der Waals surface area contributed by atoms with E-state index in [0.717, 1.165) is 11.3 Å². The lowest BCUT2D eigenvalue weighted by Crippen LogP contribution is -2.10. The van der Waals surface area contributed by atoms with Crippen molar-refractivity contribution in [2.24, 2.45) is 0 Å². The summed E-state index contributed by atoms with van der Waals surface area (Å²) in [6.07, 6.45) is 1.77. The Morgan fingerprint density at radius 3 is 2.44 bits per heavy atom. The second kappa shape index (κ2) is 4.31. The van der Waals surface area contributed by atoms with Gasteiger partial charge in [0.05, 0.1) is 5.92 Å². The molecule has 82 valence electrons. The molecule has 1 aromatic carbocycles. The first-order valence-electron chi connectivity index (χ1n) is 5.07. The van der Waals surface area contributed by atoms with E-state index in [2.05, 4.69) is 4.98 Å². The first-order valence-corrected chi connectivity index (χ1v) is 5.07. The van der Waals surface area contributed by atoms with Crippen LogP contribution >= 0.6 is 0 Å². The fraction of sp³-hybridized carbons (Fsp3) is 0.154. The van der Waals surface area contributed by atoms with E-state index in [9.17, 15) is 9.18 Å². The summed E-state index contributed by atoms with van der Waals surface area (Å²) < 4.78 is 12.8. The minimum absolute atomic E-state index is 0.0362. The lowest BCUT2D eigenvalue weighted by Gasteiger charge is -2.12. The summed E-state index contributed by atoms with van der Waals surface area (Å²) in [6, 6.07) is 9.72. The molecular formula is C13H12FNO. The third kappa shape index (κ3) is 2.03. The monoisotopic (exact) mass is 217 g/mol. The van der Waals surface area contributed by atoms with Crippen LogP contribution in [0.4, 0.5) is 4.39 Å². The van der Waals surface area contributed by atoms with Crippen molar-refractivity contribution in [1.29, 1.82) is 0 Å². The number of H-pyrrole nitrogens is 1. The van der Waals surface area contributed by atoms with Crippen molar-refractivity contribution in [3.05, 3.63) is 59.7 Å². The van der Waals surface area contributed by atoms with Gasteiger partial charge in [-0.1, -0.05) is 12.1 Å². The highest BCUT2D eigenvalue weighted by Crippen LogP contribution is 2.24. The Labute approximate surface area is 93.1 Å². The number of hydrogen-bond acceptors (Lipinski definition) is 1. The maximum atomic E-state index is 12.8. The zero-order valence-electron chi connectivity index (χ0n) is 8.91. The Balaban J connectivity index is 2.41. The largest absolute Gasteiger partial charge is 0.364 e. The van der Waals surface area contributed by atoms with Crippen molar-refractivity contribution in [3.8, 4) is 0 Å². The molecule has 0 bridgehead atoms. The van der Waals surface area contributed by atoms with Crippen LogP contribution in [0.15, 0.2) is 42.6 Å². The Kier molecular flexibility index (Phi) is 2.86. The molecule has 1 unspecified atom stereocenters. The maximum Gasteiger partial charge on any atom is 0.143 e. The molecule has 0 saturated carbocycles. The van der Waals surface area contributed by atoms with E-state index in [1.54, 1.807) is 18.3 Å². The molecule has 0 fully saturated rings. The van der Waals surface area contributed by atoms with Crippen LogP contribution in [-0.2, 0) is 4.79 Å². The molecular weight excluding hydrogens is 205 g/mol. The summed E-state index contributed by atoms with van der Waals surface area (Å²) >= 11 is 0. The second-order valence-corrected chi connectivity index (χ2v) is 3.72. The van der Waals surface area contributed by atoms with Crippen LogP contribution in [0.1, 0.15) is 24.1 Å². The third-order valence-corrected chi connectivity index (χ3v) is 2.54. The van der Waals surface area contributed by atoms with Gasteiger partial charge in [-0.15, -0.1) is 0 Å². The molecule has 0 saturated heterocycles. The van der Waals surface area contributed by atoms with E-state index in [1.165, 1.54) is 19.1 Å². The predicted molar refractivity (Wildman–Crippen MR) is 59.7 cm³/mol. The Morgan fingerprint density at radius 2 is 1.94 bits per heavy atom. The van der Waals surface area contributed by atoms with E-state index in [4.69, 9.17) is 0 Å². The number of aromatic nitrogens is 1. The van der Waals surface area contributed by atoms with Gasteiger partial charge in [0, 0.05) is 11.9 Å². The number of carbonyl (C=O) groups excluding carboxylic acids is 1. The second-order valence-electron chi connectivity index (χ2n) is 3.72. The fourth-order valence-electron chi connectivity index (χ4n) is 1.81. The van der Waals surface area contributed by atoms with Crippen LogP contribution in [-0.4, -0.2) is 10.8 Å². The molecule has 0 aliphatic rings. The number of halogens is 1. The molecule has 1 heterocycles. The van der Waals surface area contributed by atoms with Gasteiger partial charge in [0.2, 0.25) is 0 Å². The van der Waals surface area contributed by atoms with Gasteiger partial charge in [-0.2, -0.15) is 0 Å². The van der Waals surface area contributed by atoms with Crippen molar-refractivity contribution < 1.29 is 9.18 Å². The standard InChI is InChI=1S/C13H12FNO/c1-9(16)13(12-3-2-8-15-12)10-4-6-11(14)7-5-10/h2-8,13,15H,1H3. The highest BCUT2D eigenvalue weighted by molar-refractivity contribution is 5.86. The van der Waals surface area contributed by atoms with E-state index < -0.39 is 0 Å². The number of nitrogens with one attached hydrogen (secondary N) is 1. The van der Waals surface area contributed by atoms with E-state index in [0.29, 0.717) is 0 Å². The van der Waals surface area contributed by atoms with Gasteiger partial charge in [-0.05, 0) is 36.8 Å². The first kappa shape index (κ1) is 10.6. The lowest BCUT2D eigenvalue weighted by molar-refractivity contribution is -0.117. The van der Waals surface area contributed by atoms with E-state index >= 15 is 0 Å². The van der Waals surface area contributed by atoms with Crippen LogP contribution in [0.5, 0.6) is 0 Å². The Bertz CT molecular complexity index is 473. The van der Waals surface area contributed by atoms with Crippen molar-refractivity contribution in [1.82, 2.24) is 4.98 Å². The van der Waals surface area contributed by atoms with Crippen LogP contribution in [0.3, 0.4) is 0 Å². The summed E-state index contributed by atoms with van der Waals surface area (Å²) in [5.74, 6) is -0.595. The highest BCUT2D eigenvalue weighted by Gasteiger charge is 2.19. The zero-order chi connectivity index (χ0) is 11.5. The normalized spacial score (nSPS) is 12.4. The minimum atomic E-state index is -0.337. The molecule has 0 aliphatic heterocycles. The van der Waals surface area contributed by atoms with Gasteiger partial charge in [0.1, 0.15) is 11.6 Å². The number of aromatic amines is 1. The zero-order valence-corrected chi connectivity index (χ0v) is 8.91. The van der Waals surface area contributed by atoms with E-state index in [1.807, 2.05) is 12.1 Å². The predicted octanol–water partition coefficient (Wildman–Crippen LogP) is 2.87. The molecule has 0 radical (unpaired) electrons. The number of benzene rings is 1. The number of hydrogen-bond donors (Lipinski definition) is 1. The van der Waals surface area contributed by atoms with Crippen molar-refractivity contribution in [2.45, 2.75) is 12.8 Å². The molecule has 16 heavy (non-hydrogen) atoms. The van der Waals surface area contributed by atoms with Gasteiger partial charge in [-0.25, -0.2) is 4.39 Å². The summed E-state index contributed by atoms with van der Waals surface area (Å²) in [5.41, 5.74) is 1.63. The van der Waals surface area contributed by atoms with Crippen LogP contribution in [0.2, 0.25) is 0 Å². The Morgan fingerprint density at radius 1 is 1.25 bits per heavy atom.